The molecule has 5 nitrogen and oxygen atoms in total. The van der Waals surface area contributed by atoms with Gasteiger partial charge in [0.1, 0.15) is 0 Å². The Morgan fingerprint density at radius 1 is 1.43 bits per heavy atom. The average Bonchev–Trinajstić information content (AvgIpc) is 2.85. The number of fused-ring (bicyclic) bond motifs is 1. The fourth-order valence-corrected chi connectivity index (χ4v) is 3.22. The first-order valence-electron chi connectivity index (χ1n) is 7.54. The predicted octanol–water partition coefficient (Wildman–Crippen LogP) is 1.73. The molecule has 21 heavy (non-hydrogen) atoms. The summed E-state index contributed by atoms with van der Waals surface area (Å²) in [6, 6.07) is 2.56. The molecule has 0 unspecified atom stereocenters. The number of likely N-dealkylation sites (N-methyl/N-ethyl adjacent to an activating group) is 1. The lowest BCUT2D eigenvalue weighted by Gasteiger charge is -2.33. The van der Waals surface area contributed by atoms with Crippen molar-refractivity contribution < 1.29 is 4.79 Å². The molecule has 0 aromatic carbocycles. The van der Waals surface area contributed by atoms with Crippen molar-refractivity contribution in [2.75, 3.05) is 26.7 Å². The number of pyridine rings is 1. The van der Waals surface area contributed by atoms with Gasteiger partial charge in [-0.1, -0.05) is 0 Å². The van der Waals surface area contributed by atoms with Crippen molar-refractivity contribution in [2.45, 2.75) is 25.8 Å². The Morgan fingerprint density at radius 3 is 2.90 bits per heavy atom. The highest BCUT2D eigenvalue weighted by Crippen LogP contribution is 2.29. The minimum Gasteiger partial charge on any atom is -0.344 e. The van der Waals surface area contributed by atoms with E-state index in [-0.39, 0.29) is 5.91 Å². The normalized spacial score (nSPS) is 16.6. The Kier molecular flexibility index (Phi) is 3.92. The summed E-state index contributed by atoms with van der Waals surface area (Å²) in [5.74, 6) is 0.202. The van der Waals surface area contributed by atoms with Gasteiger partial charge in [-0.05, 0) is 38.4 Å². The maximum Gasteiger partial charge on any atom is 0.236 e. The molecular weight excluding hydrogens is 264 g/mol. The fourth-order valence-electron chi connectivity index (χ4n) is 3.22. The van der Waals surface area contributed by atoms with Gasteiger partial charge in [0, 0.05) is 43.1 Å². The Balaban J connectivity index is 1.76. The molecule has 2 aromatic heterocycles. The van der Waals surface area contributed by atoms with Crippen molar-refractivity contribution in [1.82, 2.24) is 19.8 Å². The van der Waals surface area contributed by atoms with Gasteiger partial charge in [0.25, 0.3) is 0 Å². The molecule has 1 amide bonds. The number of carbonyl (C=O) groups is 1. The zero-order valence-corrected chi connectivity index (χ0v) is 12.7. The van der Waals surface area contributed by atoms with Crippen LogP contribution in [0, 0.1) is 6.92 Å². The standard InChI is InChI=1S/C16H22N4O/c1-12-11-20(15-3-6-18-9-14(12)15)13-4-7-19(8-5-13)16(21)10-17-2/h3,6,9,11,13,17H,4-5,7-8,10H2,1-2H3. The maximum atomic E-state index is 11.9. The van der Waals surface area contributed by atoms with E-state index in [2.05, 4.69) is 34.1 Å². The molecule has 3 rings (SSSR count). The van der Waals surface area contributed by atoms with Gasteiger partial charge in [0.05, 0.1) is 12.1 Å². The lowest BCUT2D eigenvalue weighted by atomic mass is 10.0. The van der Waals surface area contributed by atoms with Gasteiger partial charge in [-0.15, -0.1) is 0 Å². The van der Waals surface area contributed by atoms with E-state index >= 15 is 0 Å². The molecule has 1 N–H and O–H groups in total. The van der Waals surface area contributed by atoms with Crippen LogP contribution in [-0.2, 0) is 4.79 Å². The number of nitrogens with zero attached hydrogens (tertiary/aromatic N) is 3. The van der Waals surface area contributed by atoms with Crippen LogP contribution in [-0.4, -0.2) is 47.0 Å². The molecule has 5 heteroatoms. The molecule has 0 spiro atoms. The molecule has 0 radical (unpaired) electrons. The maximum absolute atomic E-state index is 11.9. The predicted molar refractivity (Wildman–Crippen MR) is 83.2 cm³/mol. The van der Waals surface area contributed by atoms with E-state index < -0.39 is 0 Å². The third-order valence-corrected chi connectivity index (χ3v) is 4.37. The second-order valence-corrected chi connectivity index (χ2v) is 5.75. The topological polar surface area (TPSA) is 50.2 Å². The smallest absolute Gasteiger partial charge is 0.236 e. The number of piperidine rings is 1. The molecule has 0 atom stereocenters. The highest BCUT2D eigenvalue weighted by molar-refractivity contribution is 5.83. The van der Waals surface area contributed by atoms with E-state index in [9.17, 15) is 4.79 Å². The van der Waals surface area contributed by atoms with E-state index in [4.69, 9.17) is 0 Å². The summed E-state index contributed by atoms with van der Waals surface area (Å²) in [6.07, 6.45) is 8.04. The Bertz CT molecular complexity index is 641. The third kappa shape index (κ3) is 2.65. The number of nitrogens with one attached hydrogen (secondary N) is 1. The summed E-state index contributed by atoms with van der Waals surface area (Å²) in [7, 11) is 1.81. The Labute approximate surface area is 125 Å². The number of likely N-dealkylation sites (tertiary alicyclic amines) is 1. The first-order valence-corrected chi connectivity index (χ1v) is 7.54. The highest BCUT2D eigenvalue weighted by atomic mass is 16.2. The number of aryl methyl sites for hydroxylation is 1. The molecule has 1 aliphatic heterocycles. The molecule has 1 saturated heterocycles. The minimum absolute atomic E-state index is 0.202. The molecular formula is C16H22N4O. The number of amides is 1. The summed E-state index contributed by atoms with van der Waals surface area (Å²) in [6.45, 7) is 4.25. The molecule has 0 saturated carbocycles. The Hall–Kier alpha value is -1.88. The van der Waals surface area contributed by atoms with Crippen LogP contribution in [0.2, 0.25) is 0 Å². The van der Waals surface area contributed by atoms with Crippen LogP contribution in [0.5, 0.6) is 0 Å². The van der Waals surface area contributed by atoms with Crippen LogP contribution in [0.1, 0.15) is 24.4 Å². The molecule has 3 heterocycles. The number of hydrogen-bond donors (Lipinski definition) is 1. The van der Waals surface area contributed by atoms with Crippen molar-refractivity contribution in [2.24, 2.45) is 0 Å². The van der Waals surface area contributed by atoms with Crippen LogP contribution in [0.25, 0.3) is 10.9 Å². The summed E-state index contributed by atoms with van der Waals surface area (Å²) >= 11 is 0. The van der Waals surface area contributed by atoms with E-state index in [0.29, 0.717) is 12.6 Å². The van der Waals surface area contributed by atoms with Crippen molar-refractivity contribution >= 4 is 16.8 Å². The van der Waals surface area contributed by atoms with Crippen LogP contribution in [0.3, 0.4) is 0 Å². The van der Waals surface area contributed by atoms with Crippen LogP contribution in [0.4, 0.5) is 0 Å². The SMILES string of the molecule is CNCC(=O)N1CCC(n2cc(C)c3cnccc32)CC1. The van der Waals surface area contributed by atoms with E-state index in [1.165, 1.54) is 16.5 Å². The average molecular weight is 286 g/mol. The molecule has 0 aliphatic carbocycles. The number of carbonyl (C=O) groups excluding carboxylic acids is 1. The zero-order valence-electron chi connectivity index (χ0n) is 12.7. The summed E-state index contributed by atoms with van der Waals surface area (Å²) in [5, 5.41) is 4.16. The van der Waals surface area contributed by atoms with Crippen molar-refractivity contribution in [1.29, 1.82) is 0 Å². The van der Waals surface area contributed by atoms with Gasteiger partial charge < -0.3 is 14.8 Å². The monoisotopic (exact) mass is 286 g/mol. The lowest BCUT2D eigenvalue weighted by molar-refractivity contribution is -0.131. The second kappa shape index (κ2) is 5.85. The van der Waals surface area contributed by atoms with Crippen molar-refractivity contribution in [3.63, 3.8) is 0 Å². The molecule has 0 bridgehead atoms. The summed E-state index contributed by atoms with van der Waals surface area (Å²) < 4.78 is 2.37. The van der Waals surface area contributed by atoms with Gasteiger partial charge in [-0.2, -0.15) is 0 Å². The van der Waals surface area contributed by atoms with Gasteiger partial charge in [0.2, 0.25) is 5.91 Å². The molecule has 112 valence electrons. The number of rotatable bonds is 3. The fraction of sp³-hybridized carbons (Fsp3) is 0.500. The van der Waals surface area contributed by atoms with Crippen LogP contribution < -0.4 is 5.32 Å². The van der Waals surface area contributed by atoms with Crippen molar-refractivity contribution in [3.05, 3.63) is 30.2 Å². The van der Waals surface area contributed by atoms with Crippen molar-refractivity contribution in [3.8, 4) is 0 Å². The minimum atomic E-state index is 0.202. The third-order valence-electron chi connectivity index (χ3n) is 4.37. The molecule has 1 aliphatic rings. The summed E-state index contributed by atoms with van der Waals surface area (Å²) in [5.41, 5.74) is 2.52. The highest BCUT2D eigenvalue weighted by Gasteiger charge is 2.24. The lowest BCUT2D eigenvalue weighted by Crippen LogP contribution is -2.42. The van der Waals surface area contributed by atoms with E-state index in [1.54, 1.807) is 0 Å². The number of aromatic nitrogens is 2. The van der Waals surface area contributed by atoms with Gasteiger partial charge >= 0.3 is 0 Å². The van der Waals surface area contributed by atoms with Gasteiger partial charge in [-0.25, -0.2) is 0 Å². The Morgan fingerprint density at radius 2 is 2.19 bits per heavy atom. The van der Waals surface area contributed by atoms with E-state index in [1.807, 2.05) is 24.3 Å². The van der Waals surface area contributed by atoms with Crippen LogP contribution in [0.15, 0.2) is 24.7 Å². The van der Waals surface area contributed by atoms with E-state index in [0.717, 1.165) is 25.9 Å². The van der Waals surface area contributed by atoms with Crippen LogP contribution >= 0.6 is 0 Å². The van der Waals surface area contributed by atoms with Gasteiger partial charge in [0.15, 0.2) is 0 Å². The largest absolute Gasteiger partial charge is 0.344 e. The first kappa shape index (κ1) is 14.1. The first-order chi connectivity index (χ1) is 10.2. The molecule has 1 fully saturated rings. The summed E-state index contributed by atoms with van der Waals surface area (Å²) in [4.78, 5) is 18.1. The van der Waals surface area contributed by atoms with Gasteiger partial charge in [-0.3, -0.25) is 9.78 Å². The number of hydrogen-bond acceptors (Lipinski definition) is 3. The zero-order chi connectivity index (χ0) is 14.8. The second-order valence-electron chi connectivity index (χ2n) is 5.75. The molecule has 2 aromatic rings. The quantitative estimate of drug-likeness (QED) is 0.935.